The lowest BCUT2D eigenvalue weighted by Gasteiger charge is -2.13. The van der Waals surface area contributed by atoms with Gasteiger partial charge in [-0.05, 0) is 30.3 Å². The van der Waals surface area contributed by atoms with Crippen molar-refractivity contribution in [3.8, 4) is 5.75 Å². The molecule has 0 saturated heterocycles. The van der Waals surface area contributed by atoms with Crippen LogP contribution in [0.15, 0.2) is 42.5 Å². The molecule has 0 spiro atoms. The molecule has 0 atom stereocenters. The van der Waals surface area contributed by atoms with Crippen LogP contribution in [0.1, 0.15) is 31.1 Å². The number of amides is 2. The van der Waals surface area contributed by atoms with Gasteiger partial charge in [-0.1, -0.05) is 23.7 Å². The van der Waals surface area contributed by atoms with E-state index >= 15 is 0 Å². The van der Waals surface area contributed by atoms with Crippen molar-refractivity contribution in [2.45, 2.75) is 0 Å². The van der Waals surface area contributed by atoms with E-state index in [1.54, 1.807) is 36.4 Å². The van der Waals surface area contributed by atoms with Crippen molar-refractivity contribution in [3.05, 3.63) is 64.2 Å². The number of fused-ring (bicyclic) bond motifs is 1. The van der Waals surface area contributed by atoms with Crippen LogP contribution in [0.2, 0.25) is 5.02 Å². The number of imide groups is 1. The fraction of sp³-hybridized carbons (Fsp3) is 0.118. The van der Waals surface area contributed by atoms with Crippen LogP contribution in [0.4, 0.5) is 0 Å². The van der Waals surface area contributed by atoms with Crippen LogP contribution in [0.5, 0.6) is 5.75 Å². The maximum absolute atomic E-state index is 12.3. The summed E-state index contributed by atoms with van der Waals surface area (Å²) in [6.07, 6.45) is 0. The summed E-state index contributed by atoms with van der Waals surface area (Å²) in [7, 11) is 1.47. The second-order valence-electron chi connectivity index (χ2n) is 5.01. The highest BCUT2D eigenvalue weighted by Crippen LogP contribution is 2.26. The number of methoxy groups -OCH3 is 1. The van der Waals surface area contributed by atoms with Crippen LogP contribution >= 0.6 is 11.6 Å². The molecule has 1 aliphatic rings. The van der Waals surface area contributed by atoms with Crippen molar-refractivity contribution < 1.29 is 19.1 Å². The Morgan fingerprint density at radius 2 is 1.70 bits per heavy atom. The van der Waals surface area contributed by atoms with Gasteiger partial charge in [-0.15, -0.1) is 0 Å². The van der Waals surface area contributed by atoms with Gasteiger partial charge in [0.1, 0.15) is 5.75 Å². The van der Waals surface area contributed by atoms with E-state index in [0.717, 1.165) is 4.90 Å². The van der Waals surface area contributed by atoms with Crippen LogP contribution in [0.3, 0.4) is 0 Å². The molecule has 116 valence electrons. The Bertz CT molecular complexity index is 796. The number of halogens is 1. The third-order valence-electron chi connectivity index (χ3n) is 3.65. The number of carbonyl (C=O) groups is 3. The minimum absolute atomic E-state index is 0.292. The Kier molecular flexibility index (Phi) is 3.88. The van der Waals surface area contributed by atoms with Crippen molar-refractivity contribution in [2.75, 3.05) is 13.7 Å². The summed E-state index contributed by atoms with van der Waals surface area (Å²) in [5.41, 5.74) is 0.948. The third kappa shape index (κ3) is 2.59. The molecule has 2 aromatic rings. The summed E-state index contributed by atoms with van der Waals surface area (Å²) in [6, 6.07) is 11.1. The molecular formula is C17H12ClNO4. The summed E-state index contributed by atoms with van der Waals surface area (Å²) in [5.74, 6) is -0.842. The first-order valence-electron chi connectivity index (χ1n) is 6.85. The van der Waals surface area contributed by atoms with E-state index in [1.165, 1.54) is 13.2 Å². The lowest BCUT2D eigenvalue weighted by Crippen LogP contribution is -2.34. The first-order chi connectivity index (χ1) is 11.0. The molecule has 0 unspecified atom stereocenters. The average molecular weight is 330 g/mol. The SMILES string of the molecule is COc1ccc(C(=O)CN2C(=O)c3ccccc3C2=O)cc1Cl. The fourth-order valence-corrected chi connectivity index (χ4v) is 2.72. The number of rotatable bonds is 4. The van der Waals surface area contributed by atoms with Crippen molar-refractivity contribution in [2.24, 2.45) is 0 Å². The lowest BCUT2D eigenvalue weighted by molar-refractivity contribution is 0.0624. The topological polar surface area (TPSA) is 63.7 Å². The zero-order valence-corrected chi connectivity index (χ0v) is 13.0. The van der Waals surface area contributed by atoms with Crippen molar-refractivity contribution in [1.29, 1.82) is 0 Å². The molecule has 0 N–H and O–H groups in total. The molecule has 1 aliphatic heterocycles. The Balaban J connectivity index is 1.83. The van der Waals surface area contributed by atoms with Gasteiger partial charge in [0.25, 0.3) is 11.8 Å². The van der Waals surface area contributed by atoms with Gasteiger partial charge in [0.15, 0.2) is 5.78 Å². The molecule has 3 rings (SSSR count). The highest BCUT2D eigenvalue weighted by molar-refractivity contribution is 6.32. The monoisotopic (exact) mass is 329 g/mol. The van der Waals surface area contributed by atoms with E-state index in [-0.39, 0.29) is 12.3 Å². The molecule has 5 nitrogen and oxygen atoms in total. The van der Waals surface area contributed by atoms with Crippen LogP contribution in [-0.2, 0) is 0 Å². The standard InChI is InChI=1S/C17H12ClNO4/c1-23-15-7-6-10(8-13(15)18)14(20)9-19-16(21)11-4-2-3-5-12(11)17(19)22/h2-8H,9H2,1H3. The van der Waals surface area contributed by atoms with Gasteiger partial charge in [0, 0.05) is 5.56 Å². The van der Waals surface area contributed by atoms with Crippen LogP contribution < -0.4 is 4.74 Å². The van der Waals surface area contributed by atoms with E-state index in [9.17, 15) is 14.4 Å². The van der Waals surface area contributed by atoms with Gasteiger partial charge in [-0.2, -0.15) is 0 Å². The van der Waals surface area contributed by atoms with Crippen LogP contribution in [0.25, 0.3) is 0 Å². The van der Waals surface area contributed by atoms with E-state index in [1.807, 2.05) is 0 Å². The van der Waals surface area contributed by atoms with Crippen molar-refractivity contribution in [1.82, 2.24) is 4.90 Å². The molecule has 0 saturated carbocycles. The minimum atomic E-state index is -0.460. The Morgan fingerprint density at radius 3 is 2.22 bits per heavy atom. The number of hydrogen-bond donors (Lipinski definition) is 0. The van der Waals surface area contributed by atoms with E-state index in [0.29, 0.717) is 27.5 Å². The minimum Gasteiger partial charge on any atom is -0.495 e. The Morgan fingerprint density at radius 1 is 1.09 bits per heavy atom. The normalized spacial score (nSPS) is 13.2. The predicted molar refractivity (Wildman–Crippen MR) is 84.1 cm³/mol. The molecular weight excluding hydrogens is 318 g/mol. The quantitative estimate of drug-likeness (QED) is 0.639. The summed E-state index contributed by atoms with van der Waals surface area (Å²) >= 11 is 6.00. The van der Waals surface area contributed by atoms with Gasteiger partial charge >= 0.3 is 0 Å². The van der Waals surface area contributed by atoms with Crippen LogP contribution in [-0.4, -0.2) is 36.2 Å². The van der Waals surface area contributed by atoms with E-state index < -0.39 is 11.8 Å². The number of ether oxygens (including phenoxy) is 1. The highest BCUT2D eigenvalue weighted by Gasteiger charge is 2.36. The molecule has 1 heterocycles. The largest absolute Gasteiger partial charge is 0.495 e. The van der Waals surface area contributed by atoms with Crippen molar-refractivity contribution in [3.63, 3.8) is 0 Å². The van der Waals surface area contributed by atoms with E-state index in [2.05, 4.69) is 0 Å². The van der Waals surface area contributed by atoms with Gasteiger partial charge in [0.05, 0.1) is 29.8 Å². The number of carbonyl (C=O) groups excluding carboxylic acids is 3. The zero-order chi connectivity index (χ0) is 16.6. The highest BCUT2D eigenvalue weighted by atomic mass is 35.5. The number of Topliss-reactive ketones (excluding diaryl/α,β-unsaturated/α-hetero) is 1. The maximum Gasteiger partial charge on any atom is 0.261 e. The summed E-state index contributed by atoms with van der Waals surface area (Å²) < 4.78 is 5.03. The summed E-state index contributed by atoms with van der Waals surface area (Å²) in [4.78, 5) is 37.8. The third-order valence-corrected chi connectivity index (χ3v) is 3.95. The molecule has 23 heavy (non-hydrogen) atoms. The molecule has 0 aliphatic carbocycles. The maximum atomic E-state index is 12.3. The second kappa shape index (κ2) is 5.85. The van der Waals surface area contributed by atoms with Gasteiger partial charge in [-0.25, -0.2) is 0 Å². The van der Waals surface area contributed by atoms with E-state index in [4.69, 9.17) is 16.3 Å². The summed E-state index contributed by atoms with van der Waals surface area (Å²) in [5, 5.41) is 0.292. The van der Waals surface area contributed by atoms with Crippen molar-refractivity contribution >= 4 is 29.2 Å². The van der Waals surface area contributed by atoms with Gasteiger partial charge < -0.3 is 4.74 Å². The van der Waals surface area contributed by atoms with Gasteiger partial charge in [0.2, 0.25) is 0 Å². The zero-order valence-electron chi connectivity index (χ0n) is 12.2. The predicted octanol–water partition coefficient (Wildman–Crippen LogP) is 2.83. The second-order valence-corrected chi connectivity index (χ2v) is 5.42. The molecule has 0 bridgehead atoms. The number of ketones is 1. The molecule has 0 fully saturated rings. The summed E-state index contributed by atoms with van der Waals surface area (Å²) in [6.45, 7) is -0.324. The fourth-order valence-electron chi connectivity index (χ4n) is 2.46. The molecule has 0 radical (unpaired) electrons. The molecule has 0 aromatic heterocycles. The van der Waals surface area contributed by atoms with Crippen LogP contribution in [0, 0.1) is 0 Å². The molecule has 6 heteroatoms. The molecule has 2 amide bonds. The molecule has 2 aromatic carbocycles. The Labute approximate surface area is 137 Å². The first-order valence-corrected chi connectivity index (χ1v) is 7.22. The number of nitrogens with zero attached hydrogens (tertiary/aromatic N) is 1. The van der Waals surface area contributed by atoms with Gasteiger partial charge in [-0.3, -0.25) is 19.3 Å². The first kappa shape index (κ1) is 15.2. The Hall–Kier alpha value is -2.66. The smallest absolute Gasteiger partial charge is 0.261 e. The number of hydrogen-bond acceptors (Lipinski definition) is 4. The average Bonchev–Trinajstić information content (AvgIpc) is 2.80. The lowest BCUT2D eigenvalue weighted by atomic mass is 10.1. The number of benzene rings is 2.